The number of rotatable bonds is 8. The molecule has 3 N–H and O–H groups in total. The van der Waals surface area contributed by atoms with Crippen LogP contribution in [0.1, 0.15) is 28.5 Å². The molecule has 1 amide bonds. The molecule has 172 valence electrons. The average Bonchev–Trinajstić information content (AvgIpc) is 2.80. The van der Waals surface area contributed by atoms with Crippen LogP contribution in [-0.4, -0.2) is 23.7 Å². The number of carbonyl (C=O) groups excluding carboxylic acids is 1. The van der Waals surface area contributed by atoms with E-state index in [9.17, 15) is 4.79 Å². The van der Waals surface area contributed by atoms with Crippen molar-refractivity contribution in [1.29, 1.82) is 0 Å². The van der Waals surface area contributed by atoms with Crippen LogP contribution >= 0.6 is 46.4 Å². The fourth-order valence-corrected chi connectivity index (χ4v) is 3.45. The lowest BCUT2D eigenvalue weighted by Crippen LogP contribution is -2.20. The van der Waals surface area contributed by atoms with E-state index in [1.54, 1.807) is 24.3 Å². The Hall–Kier alpha value is -2.71. The van der Waals surface area contributed by atoms with E-state index in [4.69, 9.17) is 61.6 Å². The summed E-state index contributed by atoms with van der Waals surface area (Å²) in [6.07, 6.45) is 1.42. The molecule has 33 heavy (non-hydrogen) atoms. The van der Waals surface area contributed by atoms with Crippen molar-refractivity contribution in [3.63, 3.8) is 0 Å². The fraction of sp³-hybridized carbons (Fsp3) is 0.136. The quantitative estimate of drug-likeness (QED) is 0.212. The number of nitrogens with one attached hydrogen (secondary N) is 1. The number of ether oxygens (including phenoxy) is 2. The minimum Gasteiger partial charge on any atom is -0.490 e. The maximum Gasteiger partial charge on any atom is 0.291 e. The molecule has 1 heterocycles. The van der Waals surface area contributed by atoms with Gasteiger partial charge >= 0.3 is 0 Å². The van der Waals surface area contributed by atoms with Crippen LogP contribution in [0.5, 0.6) is 11.5 Å². The summed E-state index contributed by atoms with van der Waals surface area (Å²) < 4.78 is 11.5. The summed E-state index contributed by atoms with van der Waals surface area (Å²) in [5, 5.41) is 4.26. The molecule has 0 unspecified atom stereocenters. The van der Waals surface area contributed by atoms with Gasteiger partial charge in [0.25, 0.3) is 5.91 Å². The zero-order valence-corrected chi connectivity index (χ0v) is 20.3. The molecule has 0 aliphatic heterocycles. The lowest BCUT2D eigenvalue weighted by molar-refractivity contribution is 0.0950. The van der Waals surface area contributed by atoms with Gasteiger partial charge in [0, 0.05) is 10.6 Å². The van der Waals surface area contributed by atoms with E-state index in [0.29, 0.717) is 28.7 Å². The summed E-state index contributed by atoms with van der Waals surface area (Å²) in [6, 6.07) is 12.6. The molecule has 0 aliphatic rings. The molecule has 3 aromatic rings. The maximum atomic E-state index is 12.4. The second kappa shape index (κ2) is 11.4. The first kappa shape index (κ1) is 24.9. The fourth-order valence-electron chi connectivity index (χ4n) is 2.66. The Labute approximate surface area is 210 Å². The van der Waals surface area contributed by atoms with E-state index in [-0.39, 0.29) is 33.2 Å². The molecule has 0 spiro atoms. The van der Waals surface area contributed by atoms with Crippen molar-refractivity contribution in [3.8, 4) is 11.5 Å². The third kappa shape index (κ3) is 6.21. The minimum atomic E-state index is -0.703. The number of hydrogen-bond acceptors (Lipinski definition) is 6. The standard InChI is InChI=1S/C22H18Cl4N4O3/c1-2-32-16-9-12(7-8-15(16)33-11-13-5-3-4-6-14(13)23)10-28-30-22(31)20-17(24)19(27)18(25)21(26)29-20/h3-10H,2,11H2,1H3,(H2,27,29)(H,30,31)/b28-10+. The molecule has 0 aliphatic carbocycles. The maximum absolute atomic E-state index is 12.4. The summed E-state index contributed by atoms with van der Waals surface area (Å²) in [5.41, 5.74) is 9.32. The summed E-state index contributed by atoms with van der Waals surface area (Å²) >= 11 is 24.0. The van der Waals surface area contributed by atoms with Gasteiger partial charge in [-0.25, -0.2) is 10.4 Å². The smallest absolute Gasteiger partial charge is 0.291 e. The minimum absolute atomic E-state index is 0.0259. The van der Waals surface area contributed by atoms with Gasteiger partial charge in [0.15, 0.2) is 22.3 Å². The Kier molecular flexibility index (Phi) is 8.63. The average molecular weight is 528 g/mol. The first-order chi connectivity index (χ1) is 15.8. The van der Waals surface area contributed by atoms with Crippen molar-refractivity contribution in [1.82, 2.24) is 10.4 Å². The molecule has 0 fully saturated rings. The molecule has 7 nitrogen and oxygen atoms in total. The number of hydrazone groups is 1. The Balaban J connectivity index is 1.71. The van der Waals surface area contributed by atoms with Gasteiger partial charge in [0.2, 0.25) is 0 Å². The molecule has 3 rings (SSSR count). The SMILES string of the molecule is CCOc1cc(/C=N/NC(=O)c2nc(Cl)c(Cl)c(N)c2Cl)ccc1OCc1ccccc1Cl. The largest absolute Gasteiger partial charge is 0.490 e. The Morgan fingerprint density at radius 1 is 1.09 bits per heavy atom. The van der Waals surface area contributed by atoms with Gasteiger partial charge in [-0.1, -0.05) is 64.6 Å². The van der Waals surface area contributed by atoms with Crippen LogP contribution in [-0.2, 0) is 6.61 Å². The molecule has 0 saturated carbocycles. The first-order valence-electron chi connectivity index (χ1n) is 9.58. The van der Waals surface area contributed by atoms with Gasteiger partial charge in [-0.2, -0.15) is 5.10 Å². The molecule has 0 atom stereocenters. The lowest BCUT2D eigenvalue weighted by Gasteiger charge is -2.13. The lowest BCUT2D eigenvalue weighted by atomic mass is 10.2. The predicted octanol–water partition coefficient (Wildman–Crippen LogP) is 6.02. The molecule has 2 aromatic carbocycles. The Bertz CT molecular complexity index is 1200. The number of anilines is 1. The van der Waals surface area contributed by atoms with Gasteiger partial charge in [0.1, 0.15) is 11.6 Å². The van der Waals surface area contributed by atoms with E-state index in [2.05, 4.69) is 15.5 Å². The van der Waals surface area contributed by atoms with Crippen molar-refractivity contribution in [2.24, 2.45) is 5.10 Å². The van der Waals surface area contributed by atoms with Crippen molar-refractivity contribution in [2.75, 3.05) is 12.3 Å². The van der Waals surface area contributed by atoms with Crippen LogP contribution in [0.2, 0.25) is 20.2 Å². The first-order valence-corrected chi connectivity index (χ1v) is 11.1. The highest BCUT2D eigenvalue weighted by molar-refractivity contribution is 6.46. The molecular formula is C22H18Cl4N4O3. The van der Waals surface area contributed by atoms with Gasteiger partial charge in [0.05, 0.1) is 23.5 Å². The van der Waals surface area contributed by atoms with Gasteiger partial charge in [-0.05, 0) is 36.8 Å². The normalized spacial score (nSPS) is 10.9. The van der Waals surface area contributed by atoms with E-state index in [0.717, 1.165) is 5.56 Å². The second-order valence-electron chi connectivity index (χ2n) is 6.51. The highest BCUT2D eigenvalue weighted by Gasteiger charge is 2.19. The molecule has 0 bridgehead atoms. The number of nitrogen functional groups attached to an aromatic ring is 1. The highest BCUT2D eigenvalue weighted by atomic mass is 35.5. The monoisotopic (exact) mass is 526 g/mol. The number of benzene rings is 2. The van der Waals surface area contributed by atoms with Crippen molar-refractivity contribution in [2.45, 2.75) is 13.5 Å². The van der Waals surface area contributed by atoms with Crippen molar-refractivity contribution in [3.05, 3.63) is 79.5 Å². The van der Waals surface area contributed by atoms with Crippen LogP contribution < -0.4 is 20.6 Å². The third-order valence-corrected chi connectivity index (χ3v) is 5.78. The second-order valence-corrected chi connectivity index (χ2v) is 8.03. The van der Waals surface area contributed by atoms with Crippen molar-refractivity contribution < 1.29 is 14.3 Å². The van der Waals surface area contributed by atoms with Crippen LogP contribution in [0, 0.1) is 0 Å². The molecule has 0 radical (unpaired) electrons. The zero-order valence-electron chi connectivity index (χ0n) is 17.2. The summed E-state index contributed by atoms with van der Waals surface area (Å²) in [6.45, 7) is 2.57. The van der Waals surface area contributed by atoms with Crippen molar-refractivity contribution >= 4 is 64.2 Å². The van der Waals surface area contributed by atoms with E-state index in [1.807, 2.05) is 25.1 Å². The zero-order chi connectivity index (χ0) is 24.0. The number of pyridine rings is 1. The van der Waals surface area contributed by atoms with Gasteiger partial charge < -0.3 is 15.2 Å². The van der Waals surface area contributed by atoms with E-state index in [1.165, 1.54) is 6.21 Å². The van der Waals surface area contributed by atoms with Gasteiger partial charge in [-0.3, -0.25) is 4.79 Å². The summed E-state index contributed by atoms with van der Waals surface area (Å²) in [5.74, 6) is 0.355. The van der Waals surface area contributed by atoms with Crippen LogP contribution in [0.15, 0.2) is 47.6 Å². The number of nitrogens with two attached hydrogens (primary N) is 1. The number of hydrogen-bond donors (Lipinski definition) is 2. The summed E-state index contributed by atoms with van der Waals surface area (Å²) in [7, 11) is 0. The summed E-state index contributed by atoms with van der Waals surface area (Å²) in [4.78, 5) is 16.2. The number of amides is 1. The number of nitrogens with zero attached hydrogens (tertiary/aromatic N) is 2. The van der Waals surface area contributed by atoms with Gasteiger partial charge in [-0.15, -0.1) is 0 Å². The number of aromatic nitrogens is 1. The molecular weight excluding hydrogens is 510 g/mol. The third-order valence-electron chi connectivity index (χ3n) is 4.28. The van der Waals surface area contributed by atoms with Crippen LogP contribution in [0.25, 0.3) is 0 Å². The Morgan fingerprint density at radius 3 is 2.58 bits per heavy atom. The Morgan fingerprint density at radius 2 is 1.85 bits per heavy atom. The molecule has 0 saturated heterocycles. The highest BCUT2D eigenvalue weighted by Crippen LogP contribution is 2.34. The van der Waals surface area contributed by atoms with Crippen LogP contribution in [0.4, 0.5) is 5.69 Å². The van der Waals surface area contributed by atoms with Crippen LogP contribution in [0.3, 0.4) is 0 Å². The number of halogens is 4. The topological polar surface area (TPSA) is 98.8 Å². The predicted molar refractivity (Wildman–Crippen MR) is 132 cm³/mol. The van der Waals surface area contributed by atoms with E-state index < -0.39 is 5.91 Å². The molecule has 1 aromatic heterocycles. The number of carbonyl (C=O) groups is 1. The molecule has 11 heteroatoms. The van der Waals surface area contributed by atoms with E-state index >= 15 is 0 Å².